The summed E-state index contributed by atoms with van der Waals surface area (Å²) in [6.07, 6.45) is 3.02. The predicted octanol–water partition coefficient (Wildman–Crippen LogP) is 2.69. The zero-order valence-corrected chi connectivity index (χ0v) is 11.9. The molecule has 5 heteroatoms. The van der Waals surface area contributed by atoms with Gasteiger partial charge >= 0.3 is 11.8 Å². The van der Waals surface area contributed by atoms with E-state index in [9.17, 15) is 9.59 Å². The van der Waals surface area contributed by atoms with Crippen molar-refractivity contribution in [3.63, 3.8) is 0 Å². The highest BCUT2D eigenvalue weighted by molar-refractivity contribution is 9.10. The Labute approximate surface area is 115 Å². The first-order valence-electron chi connectivity index (χ1n) is 5.99. The summed E-state index contributed by atoms with van der Waals surface area (Å²) in [6.45, 7) is 2.62. The van der Waals surface area contributed by atoms with Crippen molar-refractivity contribution in [3.05, 3.63) is 28.7 Å². The van der Waals surface area contributed by atoms with Crippen LogP contribution in [-0.2, 0) is 9.59 Å². The lowest BCUT2D eigenvalue weighted by Crippen LogP contribution is -2.35. The summed E-state index contributed by atoms with van der Waals surface area (Å²) in [7, 11) is 0. The lowest BCUT2D eigenvalue weighted by atomic mass is 10.2. The maximum atomic E-state index is 11.6. The number of carbonyl (C=O) groups is 2. The predicted molar refractivity (Wildman–Crippen MR) is 75.3 cm³/mol. The van der Waals surface area contributed by atoms with E-state index in [1.54, 1.807) is 18.2 Å². The number of halogens is 1. The molecule has 0 aliphatic carbocycles. The van der Waals surface area contributed by atoms with Gasteiger partial charge in [0, 0.05) is 11.0 Å². The fraction of sp³-hybridized carbons (Fsp3) is 0.385. The molecule has 0 unspecified atom stereocenters. The molecule has 0 radical (unpaired) electrons. The van der Waals surface area contributed by atoms with E-state index in [-0.39, 0.29) is 0 Å². The van der Waals surface area contributed by atoms with Crippen LogP contribution in [0.3, 0.4) is 0 Å². The van der Waals surface area contributed by atoms with Crippen LogP contribution in [0.4, 0.5) is 5.69 Å². The van der Waals surface area contributed by atoms with Crippen LogP contribution in [0.15, 0.2) is 28.7 Å². The Morgan fingerprint density at radius 1 is 1.17 bits per heavy atom. The summed E-state index contributed by atoms with van der Waals surface area (Å²) in [4.78, 5) is 23.1. The molecular formula is C13H17BrN2O2. The van der Waals surface area contributed by atoms with E-state index in [0.29, 0.717) is 12.2 Å². The molecule has 1 rings (SSSR count). The van der Waals surface area contributed by atoms with Gasteiger partial charge in [-0.1, -0.05) is 31.9 Å². The molecule has 4 nitrogen and oxygen atoms in total. The van der Waals surface area contributed by atoms with E-state index in [0.717, 1.165) is 23.7 Å². The van der Waals surface area contributed by atoms with Gasteiger partial charge in [-0.3, -0.25) is 9.59 Å². The van der Waals surface area contributed by atoms with Crippen molar-refractivity contribution in [2.75, 3.05) is 11.9 Å². The summed E-state index contributed by atoms with van der Waals surface area (Å²) in [5.41, 5.74) is 0.589. The normalized spacial score (nSPS) is 9.89. The second kappa shape index (κ2) is 7.87. The standard InChI is InChI=1S/C13H17BrN2O2/c1-2-3-6-9-15-12(17)13(18)16-11-8-5-4-7-10(11)14/h4-5,7-8H,2-3,6,9H2,1H3,(H,15,17)(H,16,18). The van der Waals surface area contributed by atoms with Crippen LogP contribution >= 0.6 is 15.9 Å². The smallest absolute Gasteiger partial charge is 0.313 e. The van der Waals surface area contributed by atoms with Gasteiger partial charge in [0.05, 0.1) is 5.69 Å². The maximum Gasteiger partial charge on any atom is 0.313 e. The Hall–Kier alpha value is -1.36. The minimum absolute atomic E-state index is 0.538. The molecular weight excluding hydrogens is 296 g/mol. The number of anilines is 1. The highest BCUT2D eigenvalue weighted by Gasteiger charge is 2.13. The molecule has 0 aromatic heterocycles. The SMILES string of the molecule is CCCCCNC(=O)C(=O)Nc1ccccc1Br. The number of amides is 2. The zero-order chi connectivity index (χ0) is 13.4. The number of unbranched alkanes of at least 4 members (excludes halogenated alkanes) is 2. The number of hydrogen-bond donors (Lipinski definition) is 2. The molecule has 18 heavy (non-hydrogen) atoms. The van der Waals surface area contributed by atoms with Crippen LogP contribution in [0.1, 0.15) is 26.2 Å². The molecule has 1 aromatic carbocycles. The van der Waals surface area contributed by atoms with Gasteiger partial charge in [0.15, 0.2) is 0 Å². The van der Waals surface area contributed by atoms with Gasteiger partial charge in [0.25, 0.3) is 0 Å². The Kier molecular flexibility index (Phi) is 6.43. The van der Waals surface area contributed by atoms with Crippen molar-refractivity contribution in [2.45, 2.75) is 26.2 Å². The minimum Gasteiger partial charge on any atom is -0.348 e. The second-order valence-corrected chi connectivity index (χ2v) is 4.75. The molecule has 1 aromatic rings. The van der Waals surface area contributed by atoms with Crippen LogP contribution < -0.4 is 10.6 Å². The average molecular weight is 313 g/mol. The van der Waals surface area contributed by atoms with Crippen LogP contribution in [0.25, 0.3) is 0 Å². The van der Waals surface area contributed by atoms with Crippen LogP contribution in [0.2, 0.25) is 0 Å². The third-order valence-electron chi connectivity index (χ3n) is 2.39. The fourth-order valence-electron chi connectivity index (χ4n) is 1.40. The first-order valence-corrected chi connectivity index (χ1v) is 6.78. The van der Waals surface area contributed by atoms with Crippen molar-refractivity contribution < 1.29 is 9.59 Å². The maximum absolute atomic E-state index is 11.6. The molecule has 0 spiro atoms. The summed E-state index contributed by atoms with van der Waals surface area (Å²) in [5, 5.41) is 5.14. The third-order valence-corrected chi connectivity index (χ3v) is 3.09. The molecule has 2 N–H and O–H groups in total. The van der Waals surface area contributed by atoms with Crippen molar-refractivity contribution in [1.82, 2.24) is 5.32 Å². The summed E-state index contributed by atoms with van der Waals surface area (Å²) < 4.78 is 0.747. The molecule has 0 fully saturated rings. The lowest BCUT2D eigenvalue weighted by molar-refractivity contribution is -0.136. The molecule has 2 amide bonds. The van der Waals surface area contributed by atoms with Crippen LogP contribution in [0.5, 0.6) is 0 Å². The second-order valence-electron chi connectivity index (χ2n) is 3.90. The molecule has 98 valence electrons. The van der Waals surface area contributed by atoms with Crippen molar-refractivity contribution >= 4 is 33.4 Å². The summed E-state index contributed by atoms with van der Waals surface area (Å²) >= 11 is 3.30. The zero-order valence-electron chi connectivity index (χ0n) is 10.3. The van der Waals surface area contributed by atoms with E-state index in [1.807, 2.05) is 6.07 Å². The topological polar surface area (TPSA) is 58.2 Å². The number of para-hydroxylation sites is 1. The lowest BCUT2D eigenvalue weighted by Gasteiger charge is -2.07. The largest absolute Gasteiger partial charge is 0.348 e. The number of nitrogens with one attached hydrogen (secondary N) is 2. The van der Waals surface area contributed by atoms with Crippen molar-refractivity contribution in [2.24, 2.45) is 0 Å². The van der Waals surface area contributed by atoms with Crippen LogP contribution in [-0.4, -0.2) is 18.4 Å². The van der Waals surface area contributed by atoms with Gasteiger partial charge < -0.3 is 10.6 Å². The summed E-state index contributed by atoms with van der Waals surface area (Å²) in [5.74, 6) is -1.24. The van der Waals surface area contributed by atoms with Gasteiger partial charge in [0.2, 0.25) is 0 Å². The summed E-state index contributed by atoms with van der Waals surface area (Å²) in [6, 6.07) is 7.16. The van der Waals surface area contributed by atoms with E-state index in [4.69, 9.17) is 0 Å². The first kappa shape index (κ1) is 14.7. The molecule has 0 bridgehead atoms. The third kappa shape index (κ3) is 4.87. The van der Waals surface area contributed by atoms with Gasteiger partial charge in [0.1, 0.15) is 0 Å². The quantitative estimate of drug-likeness (QED) is 0.648. The minimum atomic E-state index is -0.640. The van der Waals surface area contributed by atoms with Gasteiger partial charge in [-0.15, -0.1) is 0 Å². The van der Waals surface area contributed by atoms with Gasteiger partial charge in [-0.25, -0.2) is 0 Å². The van der Waals surface area contributed by atoms with Crippen molar-refractivity contribution in [3.8, 4) is 0 Å². The highest BCUT2D eigenvalue weighted by atomic mass is 79.9. The Morgan fingerprint density at radius 2 is 1.89 bits per heavy atom. The highest BCUT2D eigenvalue weighted by Crippen LogP contribution is 2.20. The molecule has 0 aliphatic heterocycles. The van der Waals surface area contributed by atoms with E-state index >= 15 is 0 Å². The Balaban J connectivity index is 2.41. The Morgan fingerprint density at radius 3 is 2.56 bits per heavy atom. The molecule has 0 heterocycles. The van der Waals surface area contributed by atoms with Crippen molar-refractivity contribution in [1.29, 1.82) is 0 Å². The van der Waals surface area contributed by atoms with E-state index < -0.39 is 11.8 Å². The van der Waals surface area contributed by atoms with Gasteiger partial charge in [-0.2, -0.15) is 0 Å². The Bertz CT molecular complexity index is 421. The molecule has 0 atom stereocenters. The van der Waals surface area contributed by atoms with Crippen LogP contribution in [0, 0.1) is 0 Å². The van der Waals surface area contributed by atoms with E-state index in [1.165, 1.54) is 0 Å². The molecule has 0 saturated carbocycles. The number of rotatable bonds is 5. The average Bonchev–Trinajstić information content (AvgIpc) is 2.37. The van der Waals surface area contributed by atoms with E-state index in [2.05, 4.69) is 33.5 Å². The first-order chi connectivity index (χ1) is 8.65. The fourth-order valence-corrected chi connectivity index (χ4v) is 1.78. The number of hydrogen-bond acceptors (Lipinski definition) is 2. The molecule has 0 aliphatic rings. The number of benzene rings is 1. The van der Waals surface area contributed by atoms with Gasteiger partial charge in [-0.05, 0) is 34.5 Å². The number of carbonyl (C=O) groups excluding carboxylic acids is 2. The molecule has 0 saturated heterocycles. The monoisotopic (exact) mass is 312 g/mol.